The molecule has 0 saturated heterocycles. The molecule has 0 aliphatic heterocycles. The van der Waals surface area contributed by atoms with Crippen LogP contribution in [0.3, 0.4) is 0 Å². The Labute approximate surface area is 112 Å². The number of amides is 1. The summed E-state index contributed by atoms with van der Waals surface area (Å²) in [6.07, 6.45) is 0. The van der Waals surface area contributed by atoms with Gasteiger partial charge in [-0.1, -0.05) is 12.1 Å². The van der Waals surface area contributed by atoms with Gasteiger partial charge in [-0.05, 0) is 49.2 Å². The number of nitrogens with two attached hydrogens (primary N) is 2. The molecule has 19 heavy (non-hydrogen) atoms. The van der Waals surface area contributed by atoms with E-state index >= 15 is 0 Å². The molecule has 0 bridgehead atoms. The quantitative estimate of drug-likeness (QED) is 0.737. The molecule has 0 fully saturated rings. The second-order valence-corrected chi connectivity index (χ2v) is 4.54. The Morgan fingerprint density at radius 2 is 1.84 bits per heavy atom. The largest absolute Gasteiger partial charge is 0.397 e. The van der Waals surface area contributed by atoms with Gasteiger partial charge in [0, 0.05) is 11.3 Å². The number of carbonyl (C=O) groups is 1. The van der Waals surface area contributed by atoms with Gasteiger partial charge in [0.15, 0.2) is 0 Å². The molecule has 4 nitrogen and oxygen atoms in total. The van der Waals surface area contributed by atoms with E-state index in [1.165, 1.54) is 5.56 Å². The van der Waals surface area contributed by atoms with Crippen molar-refractivity contribution in [1.29, 1.82) is 0 Å². The first-order valence-corrected chi connectivity index (χ1v) is 6.01. The number of carbonyl (C=O) groups excluding carboxylic acids is 1. The number of nitrogens with one attached hydrogen (secondary N) is 1. The van der Waals surface area contributed by atoms with Crippen LogP contribution in [0.25, 0.3) is 0 Å². The van der Waals surface area contributed by atoms with Crippen LogP contribution in [0.5, 0.6) is 0 Å². The van der Waals surface area contributed by atoms with Gasteiger partial charge >= 0.3 is 0 Å². The molecule has 2 aromatic rings. The minimum absolute atomic E-state index is 0.432. The molecule has 2 aromatic carbocycles. The Balaban J connectivity index is 2.40. The van der Waals surface area contributed by atoms with Crippen molar-refractivity contribution in [3.8, 4) is 0 Å². The van der Waals surface area contributed by atoms with Crippen LogP contribution in [-0.4, -0.2) is 5.91 Å². The summed E-state index contributed by atoms with van der Waals surface area (Å²) in [5.74, 6) is -0.469. The van der Waals surface area contributed by atoms with Gasteiger partial charge in [-0.15, -0.1) is 0 Å². The smallest absolute Gasteiger partial charge is 0.248 e. The standard InChI is InChI=1S/C15H17N3O/c1-9-4-3-5-13(10(9)2)18-14-8-11(15(17)19)6-7-12(14)16/h3-8,18H,16H2,1-2H3,(H2,17,19). The maximum atomic E-state index is 11.2. The van der Waals surface area contributed by atoms with Crippen molar-refractivity contribution >= 4 is 23.0 Å². The van der Waals surface area contributed by atoms with Crippen LogP contribution in [-0.2, 0) is 0 Å². The van der Waals surface area contributed by atoms with E-state index in [2.05, 4.69) is 5.32 Å². The van der Waals surface area contributed by atoms with Crippen LogP contribution >= 0.6 is 0 Å². The molecule has 2 rings (SSSR count). The zero-order valence-corrected chi connectivity index (χ0v) is 11.0. The molecule has 5 N–H and O–H groups in total. The fourth-order valence-electron chi connectivity index (χ4n) is 1.85. The predicted octanol–water partition coefficient (Wildman–Crippen LogP) is 2.73. The molecule has 0 unspecified atom stereocenters. The first-order valence-electron chi connectivity index (χ1n) is 6.01. The zero-order valence-electron chi connectivity index (χ0n) is 11.0. The summed E-state index contributed by atoms with van der Waals surface area (Å²) in [7, 11) is 0. The number of hydrogen-bond donors (Lipinski definition) is 3. The second kappa shape index (κ2) is 5.02. The molecule has 98 valence electrons. The predicted molar refractivity (Wildman–Crippen MR) is 78.6 cm³/mol. The molecule has 0 spiro atoms. The minimum Gasteiger partial charge on any atom is -0.397 e. The maximum Gasteiger partial charge on any atom is 0.248 e. The van der Waals surface area contributed by atoms with Gasteiger partial charge in [0.05, 0.1) is 11.4 Å². The van der Waals surface area contributed by atoms with Crippen LogP contribution < -0.4 is 16.8 Å². The number of anilines is 3. The summed E-state index contributed by atoms with van der Waals surface area (Å²) < 4.78 is 0. The summed E-state index contributed by atoms with van der Waals surface area (Å²) in [4.78, 5) is 11.2. The third kappa shape index (κ3) is 2.68. The van der Waals surface area contributed by atoms with Crippen molar-refractivity contribution < 1.29 is 4.79 Å². The Morgan fingerprint density at radius 3 is 2.53 bits per heavy atom. The van der Waals surface area contributed by atoms with Gasteiger partial charge in [0.2, 0.25) is 5.91 Å². The van der Waals surface area contributed by atoms with E-state index in [1.807, 2.05) is 32.0 Å². The summed E-state index contributed by atoms with van der Waals surface area (Å²) in [5.41, 5.74) is 16.2. The highest BCUT2D eigenvalue weighted by molar-refractivity contribution is 5.95. The molecule has 0 aliphatic rings. The lowest BCUT2D eigenvalue weighted by Gasteiger charge is -2.14. The summed E-state index contributed by atoms with van der Waals surface area (Å²) in [6.45, 7) is 4.08. The Kier molecular flexibility index (Phi) is 3.42. The van der Waals surface area contributed by atoms with Crippen molar-refractivity contribution in [2.24, 2.45) is 5.73 Å². The molecule has 0 aliphatic carbocycles. The normalized spacial score (nSPS) is 10.2. The summed E-state index contributed by atoms with van der Waals surface area (Å²) in [5, 5.41) is 3.24. The average Bonchev–Trinajstić information content (AvgIpc) is 2.37. The van der Waals surface area contributed by atoms with Gasteiger partial charge in [-0.2, -0.15) is 0 Å². The third-order valence-corrected chi connectivity index (χ3v) is 3.21. The van der Waals surface area contributed by atoms with E-state index in [-0.39, 0.29) is 0 Å². The van der Waals surface area contributed by atoms with Gasteiger partial charge in [0.1, 0.15) is 0 Å². The number of rotatable bonds is 3. The van der Waals surface area contributed by atoms with Crippen LogP contribution in [0.15, 0.2) is 36.4 Å². The topological polar surface area (TPSA) is 81.1 Å². The molecular weight excluding hydrogens is 238 g/mol. The molecule has 0 atom stereocenters. The highest BCUT2D eigenvalue weighted by Crippen LogP contribution is 2.27. The van der Waals surface area contributed by atoms with Gasteiger partial charge in [-0.3, -0.25) is 4.79 Å². The Hall–Kier alpha value is -2.49. The van der Waals surface area contributed by atoms with E-state index < -0.39 is 5.91 Å². The SMILES string of the molecule is Cc1cccc(Nc2cc(C(N)=O)ccc2N)c1C. The average molecular weight is 255 g/mol. The van der Waals surface area contributed by atoms with E-state index in [0.717, 1.165) is 11.3 Å². The molecule has 0 radical (unpaired) electrons. The zero-order chi connectivity index (χ0) is 14.0. The number of hydrogen-bond acceptors (Lipinski definition) is 3. The lowest BCUT2D eigenvalue weighted by molar-refractivity contribution is 0.100. The molecule has 0 saturated carbocycles. The maximum absolute atomic E-state index is 11.2. The van der Waals surface area contributed by atoms with Crippen LogP contribution in [0.1, 0.15) is 21.5 Å². The molecule has 0 aromatic heterocycles. The first-order chi connectivity index (χ1) is 8.99. The van der Waals surface area contributed by atoms with Gasteiger partial charge in [-0.25, -0.2) is 0 Å². The van der Waals surface area contributed by atoms with E-state index in [4.69, 9.17) is 11.5 Å². The van der Waals surface area contributed by atoms with Gasteiger partial charge in [0.25, 0.3) is 0 Å². The fourth-order valence-corrected chi connectivity index (χ4v) is 1.85. The van der Waals surface area contributed by atoms with E-state index in [9.17, 15) is 4.79 Å². The van der Waals surface area contributed by atoms with Crippen molar-refractivity contribution in [2.75, 3.05) is 11.1 Å². The van der Waals surface area contributed by atoms with Crippen molar-refractivity contribution in [3.63, 3.8) is 0 Å². The first kappa shape index (κ1) is 13.0. The van der Waals surface area contributed by atoms with Crippen molar-refractivity contribution in [3.05, 3.63) is 53.1 Å². The number of nitrogen functional groups attached to an aromatic ring is 1. The summed E-state index contributed by atoms with van der Waals surface area (Å²) >= 11 is 0. The van der Waals surface area contributed by atoms with E-state index in [1.54, 1.807) is 18.2 Å². The Bertz CT molecular complexity index is 635. The second-order valence-electron chi connectivity index (χ2n) is 4.54. The summed E-state index contributed by atoms with van der Waals surface area (Å²) in [6, 6.07) is 10.9. The van der Waals surface area contributed by atoms with E-state index in [0.29, 0.717) is 16.9 Å². The number of aryl methyl sites for hydroxylation is 1. The van der Waals surface area contributed by atoms with Crippen LogP contribution in [0.4, 0.5) is 17.1 Å². The highest BCUT2D eigenvalue weighted by Gasteiger charge is 2.07. The third-order valence-electron chi connectivity index (χ3n) is 3.21. The number of benzene rings is 2. The van der Waals surface area contributed by atoms with Crippen molar-refractivity contribution in [1.82, 2.24) is 0 Å². The molecule has 0 heterocycles. The highest BCUT2D eigenvalue weighted by atomic mass is 16.1. The Morgan fingerprint density at radius 1 is 1.11 bits per heavy atom. The molecular formula is C15H17N3O. The van der Waals surface area contributed by atoms with Gasteiger partial charge < -0.3 is 16.8 Å². The number of primary amides is 1. The van der Waals surface area contributed by atoms with Crippen molar-refractivity contribution in [2.45, 2.75) is 13.8 Å². The lowest BCUT2D eigenvalue weighted by Crippen LogP contribution is -2.11. The molecule has 1 amide bonds. The van der Waals surface area contributed by atoms with Crippen LogP contribution in [0, 0.1) is 13.8 Å². The monoisotopic (exact) mass is 255 g/mol. The lowest BCUT2D eigenvalue weighted by atomic mass is 10.1. The van der Waals surface area contributed by atoms with Crippen LogP contribution in [0.2, 0.25) is 0 Å². The minimum atomic E-state index is -0.469. The molecule has 4 heteroatoms. The fraction of sp³-hybridized carbons (Fsp3) is 0.133.